The summed E-state index contributed by atoms with van der Waals surface area (Å²) in [6.07, 6.45) is 5.99. The fourth-order valence-electron chi connectivity index (χ4n) is 2.62. The van der Waals surface area contributed by atoms with E-state index < -0.39 is 0 Å². The molecule has 4 heteroatoms. The zero-order valence-electron chi connectivity index (χ0n) is 10.9. The minimum atomic E-state index is 0.646. The van der Waals surface area contributed by atoms with E-state index in [0.29, 0.717) is 11.9 Å². The zero-order chi connectivity index (χ0) is 12.4. The van der Waals surface area contributed by atoms with Gasteiger partial charge in [0.1, 0.15) is 0 Å². The number of nitrogens with zero attached hydrogens (tertiary/aromatic N) is 2. The van der Waals surface area contributed by atoms with Gasteiger partial charge in [0, 0.05) is 44.0 Å². The fourth-order valence-corrected chi connectivity index (χ4v) is 2.62. The van der Waals surface area contributed by atoms with Crippen LogP contribution in [0.1, 0.15) is 24.8 Å². The van der Waals surface area contributed by atoms with Crippen molar-refractivity contribution in [3.8, 4) is 5.88 Å². The molecule has 98 valence electrons. The highest BCUT2D eigenvalue weighted by atomic mass is 16.5. The molecule has 1 aromatic rings. The Hall–Kier alpha value is -1.13. The maximum absolute atomic E-state index is 5.06. The first-order valence-electron chi connectivity index (χ1n) is 6.81. The lowest BCUT2D eigenvalue weighted by molar-refractivity contribution is 0.317. The van der Waals surface area contributed by atoms with E-state index in [2.05, 4.69) is 21.3 Å². The summed E-state index contributed by atoms with van der Waals surface area (Å²) in [7, 11) is 1.64. The lowest BCUT2D eigenvalue weighted by atomic mass is 10.2. The maximum Gasteiger partial charge on any atom is 0.212 e. The first kappa shape index (κ1) is 11.9. The molecule has 1 N–H and O–H groups in total. The molecule has 1 unspecified atom stereocenters. The van der Waals surface area contributed by atoms with Crippen LogP contribution in [-0.4, -0.2) is 42.2 Å². The normalized spacial score (nSPS) is 24.4. The van der Waals surface area contributed by atoms with Crippen molar-refractivity contribution in [2.75, 3.05) is 20.2 Å². The zero-order valence-corrected chi connectivity index (χ0v) is 10.9. The van der Waals surface area contributed by atoms with Gasteiger partial charge in [-0.25, -0.2) is 4.98 Å². The number of methoxy groups -OCH3 is 1. The van der Waals surface area contributed by atoms with E-state index in [1.54, 1.807) is 7.11 Å². The molecule has 1 saturated heterocycles. The summed E-state index contributed by atoms with van der Waals surface area (Å²) in [6.45, 7) is 3.39. The Labute approximate surface area is 108 Å². The Morgan fingerprint density at radius 2 is 2.28 bits per heavy atom. The second-order valence-electron chi connectivity index (χ2n) is 5.30. The molecular weight excluding hydrogens is 226 g/mol. The van der Waals surface area contributed by atoms with Gasteiger partial charge in [-0.1, -0.05) is 6.07 Å². The smallest absolute Gasteiger partial charge is 0.212 e. The minimum absolute atomic E-state index is 0.646. The molecular formula is C14H21N3O. The summed E-state index contributed by atoms with van der Waals surface area (Å²) in [5.41, 5.74) is 1.22. The Kier molecular flexibility index (Phi) is 3.48. The largest absolute Gasteiger partial charge is 0.481 e. The second-order valence-corrected chi connectivity index (χ2v) is 5.30. The van der Waals surface area contributed by atoms with Crippen molar-refractivity contribution >= 4 is 0 Å². The molecule has 0 amide bonds. The molecule has 1 saturated carbocycles. The van der Waals surface area contributed by atoms with Crippen LogP contribution in [0, 0.1) is 0 Å². The molecule has 0 radical (unpaired) electrons. The summed E-state index contributed by atoms with van der Waals surface area (Å²) >= 11 is 0. The van der Waals surface area contributed by atoms with Crippen LogP contribution in [0.4, 0.5) is 0 Å². The molecule has 1 aliphatic heterocycles. The van der Waals surface area contributed by atoms with Crippen LogP contribution in [0.5, 0.6) is 5.88 Å². The first-order chi connectivity index (χ1) is 8.85. The molecule has 1 aromatic heterocycles. The molecule has 1 atom stereocenters. The highest BCUT2D eigenvalue weighted by molar-refractivity contribution is 5.17. The van der Waals surface area contributed by atoms with Gasteiger partial charge in [0.25, 0.3) is 0 Å². The van der Waals surface area contributed by atoms with Gasteiger partial charge < -0.3 is 10.1 Å². The van der Waals surface area contributed by atoms with Gasteiger partial charge in [-0.2, -0.15) is 0 Å². The van der Waals surface area contributed by atoms with E-state index in [9.17, 15) is 0 Å². The lowest BCUT2D eigenvalue weighted by Crippen LogP contribution is -2.32. The molecule has 0 spiro atoms. The average molecular weight is 247 g/mol. The second kappa shape index (κ2) is 5.24. The van der Waals surface area contributed by atoms with Crippen LogP contribution in [0.3, 0.4) is 0 Å². The summed E-state index contributed by atoms with van der Waals surface area (Å²) in [6, 6.07) is 5.54. The third-order valence-electron chi connectivity index (χ3n) is 3.88. The number of pyridine rings is 1. The molecule has 2 fully saturated rings. The lowest BCUT2D eigenvalue weighted by Gasteiger charge is -2.15. The predicted molar refractivity (Wildman–Crippen MR) is 70.6 cm³/mol. The quantitative estimate of drug-likeness (QED) is 0.854. The Morgan fingerprint density at radius 1 is 1.39 bits per heavy atom. The van der Waals surface area contributed by atoms with Crippen molar-refractivity contribution in [1.82, 2.24) is 15.2 Å². The molecule has 2 heterocycles. The number of likely N-dealkylation sites (tertiary alicyclic amines) is 1. The molecule has 0 aromatic carbocycles. The van der Waals surface area contributed by atoms with Gasteiger partial charge in [0.05, 0.1) is 7.11 Å². The topological polar surface area (TPSA) is 37.4 Å². The van der Waals surface area contributed by atoms with E-state index in [4.69, 9.17) is 4.74 Å². The Bertz CT molecular complexity index is 389. The van der Waals surface area contributed by atoms with Crippen molar-refractivity contribution < 1.29 is 4.74 Å². The number of hydrogen-bond donors (Lipinski definition) is 1. The highest BCUT2D eigenvalue weighted by Crippen LogP contribution is 2.29. The number of ether oxygens (including phenoxy) is 1. The molecule has 2 aliphatic rings. The van der Waals surface area contributed by atoms with Crippen LogP contribution < -0.4 is 10.1 Å². The number of rotatable bonds is 5. The summed E-state index contributed by atoms with van der Waals surface area (Å²) in [5, 5.41) is 3.63. The SMILES string of the molecule is COc1ccc(CNC2CCN(C3CC3)C2)cn1. The summed E-state index contributed by atoms with van der Waals surface area (Å²) in [4.78, 5) is 6.85. The van der Waals surface area contributed by atoms with Crippen LogP contribution in [0.2, 0.25) is 0 Å². The van der Waals surface area contributed by atoms with E-state index in [1.165, 1.54) is 37.9 Å². The van der Waals surface area contributed by atoms with Crippen molar-refractivity contribution in [2.45, 2.75) is 37.9 Å². The summed E-state index contributed by atoms with van der Waals surface area (Å²) in [5.74, 6) is 0.680. The van der Waals surface area contributed by atoms with Crippen LogP contribution in [0.25, 0.3) is 0 Å². The van der Waals surface area contributed by atoms with Gasteiger partial charge in [-0.15, -0.1) is 0 Å². The highest BCUT2D eigenvalue weighted by Gasteiger charge is 2.33. The first-order valence-corrected chi connectivity index (χ1v) is 6.81. The molecule has 0 bridgehead atoms. The Morgan fingerprint density at radius 3 is 2.94 bits per heavy atom. The van der Waals surface area contributed by atoms with E-state index in [1.807, 2.05) is 12.3 Å². The standard InChI is InChI=1S/C14H21N3O/c1-18-14-5-2-11(9-16-14)8-15-12-6-7-17(10-12)13-3-4-13/h2,5,9,12-13,15H,3-4,6-8,10H2,1H3. The van der Waals surface area contributed by atoms with E-state index >= 15 is 0 Å². The summed E-state index contributed by atoms with van der Waals surface area (Å²) < 4.78 is 5.06. The van der Waals surface area contributed by atoms with E-state index in [0.717, 1.165) is 12.6 Å². The van der Waals surface area contributed by atoms with Crippen LogP contribution in [0.15, 0.2) is 18.3 Å². The monoisotopic (exact) mass is 247 g/mol. The fraction of sp³-hybridized carbons (Fsp3) is 0.643. The molecule has 18 heavy (non-hydrogen) atoms. The van der Waals surface area contributed by atoms with Crippen molar-refractivity contribution in [1.29, 1.82) is 0 Å². The maximum atomic E-state index is 5.06. The van der Waals surface area contributed by atoms with Gasteiger partial charge in [0.2, 0.25) is 5.88 Å². The Balaban J connectivity index is 1.45. The molecule has 4 nitrogen and oxygen atoms in total. The van der Waals surface area contributed by atoms with Crippen molar-refractivity contribution in [3.05, 3.63) is 23.9 Å². The number of nitrogens with one attached hydrogen (secondary N) is 1. The van der Waals surface area contributed by atoms with Crippen molar-refractivity contribution in [2.24, 2.45) is 0 Å². The predicted octanol–water partition coefficient (Wildman–Crippen LogP) is 1.42. The van der Waals surface area contributed by atoms with E-state index in [-0.39, 0.29) is 0 Å². The third-order valence-corrected chi connectivity index (χ3v) is 3.88. The molecule has 1 aliphatic carbocycles. The third kappa shape index (κ3) is 2.82. The van der Waals surface area contributed by atoms with Gasteiger partial charge in [-0.3, -0.25) is 4.90 Å². The number of aromatic nitrogens is 1. The van der Waals surface area contributed by atoms with Crippen molar-refractivity contribution in [3.63, 3.8) is 0 Å². The average Bonchev–Trinajstić information content (AvgIpc) is 3.16. The number of hydrogen-bond acceptors (Lipinski definition) is 4. The van der Waals surface area contributed by atoms with Crippen LogP contribution in [-0.2, 0) is 6.54 Å². The van der Waals surface area contributed by atoms with Gasteiger partial charge >= 0.3 is 0 Å². The molecule has 3 rings (SSSR count). The van der Waals surface area contributed by atoms with Gasteiger partial charge in [0.15, 0.2) is 0 Å². The van der Waals surface area contributed by atoms with Gasteiger partial charge in [-0.05, 0) is 24.8 Å². The van der Waals surface area contributed by atoms with Crippen LogP contribution >= 0.6 is 0 Å². The minimum Gasteiger partial charge on any atom is -0.481 e.